The van der Waals surface area contributed by atoms with Crippen molar-refractivity contribution in [2.24, 2.45) is 0 Å². The Balaban J connectivity index is 1.54. The van der Waals surface area contributed by atoms with Gasteiger partial charge in [0, 0.05) is 0 Å². The molecule has 0 aliphatic rings. The first-order valence-electron chi connectivity index (χ1n) is 15.2. The second-order valence-corrected chi connectivity index (χ2v) is 10.6. The number of ether oxygens (including phenoxy) is 2. The third kappa shape index (κ3) is 11.0. The number of hydrogen-bond donors (Lipinski definition) is 0. The molecule has 3 aromatic carbocycles. The Labute approximate surface area is 241 Å². The van der Waals surface area contributed by atoms with Crippen molar-refractivity contribution in [3.63, 3.8) is 0 Å². The number of esters is 2. The fourth-order valence-corrected chi connectivity index (χ4v) is 4.78. The highest BCUT2D eigenvalue weighted by atomic mass is 16.6. The Morgan fingerprint density at radius 1 is 0.575 bits per heavy atom. The zero-order valence-corrected chi connectivity index (χ0v) is 24.4. The van der Waals surface area contributed by atoms with E-state index >= 15 is 0 Å². The van der Waals surface area contributed by atoms with Crippen molar-refractivity contribution in [1.82, 2.24) is 0 Å². The Hall–Kier alpha value is -3.40. The summed E-state index contributed by atoms with van der Waals surface area (Å²) in [6.07, 6.45) is 13.7. The molecule has 40 heavy (non-hydrogen) atoms. The molecule has 1 atom stereocenters. The highest BCUT2D eigenvalue weighted by Gasteiger charge is 2.21. The van der Waals surface area contributed by atoms with Crippen LogP contribution in [0.3, 0.4) is 0 Å². The van der Waals surface area contributed by atoms with Crippen molar-refractivity contribution < 1.29 is 19.1 Å². The van der Waals surface area contributed by atoms with Crippen LogP contribution < -0.4 is 0 Å². The molecule has 214 valence electrons. The van der Waals surface area contributed by atoms with Gasteiger partial charge in [-0.25, -0.2) is 9.59 Å². The molecule has 0 aromatic heterocycles. The molecular formula is C36H46O4. The summed E-state index contributed by atoms with van der Waals surface area (Å²) in [5, 5.41) is 0. The van der Waals surface area contributed by atoms with E-state index in [1.165, 1.54) is 62.5 Å². The van der Waals surface area contributed by atoms with Gasteiger partial charge in [0.2, 0.25) is 0 Å². The van der Waals surface area contributed by atoms with E-state index in [1.807, 2.05) is 78.9 Å². The van der Waals surface area contributed by atoms with Gasteiger partial charge in [-0.05, 0) is 66.6 Å². The molecule has 1 unspecified atom stereocenters. The Kier molecular flexibility index (Phi) is 14.0. The molecule has 0 amide bonds. The molecule has 0 aliphatic carbocycles. The Morgan fingerprint density at radius 2 is 1.05 bits per heavy atom. The Morgan fingerprint density at radius 3 is 1.55 bits per heavy atom. The van der Waals surface area contributed by atoms with Gasteiger partial charge in [0.15, 0.2) is 6.10 Å². The molecule has 3 aromatic rings. The highest BCUT2D eigenvalue weighted by Crippen LogP contribution is 2.21. The van der Waals surface area contributed by atoms with Crippen LogP contribution in [0.4, 0.5) is 0 Å². The fraction of sp³-hybridized carbons (Fsp3) is 0.444. The summed E-state index contributed by atoms with van der Waals surface area (Å²) >= 11 is 0. The average Bonchev–Trinajstić information content (AvgIpc) is 3.00. The van der Waals surface area contributed by atoms with Crippen LogP contribution in [0.15, 0.2) is 78.9 Å². The van der Waals surface area contributed by atoms with E-state index in [4.69, 9.17) is 9.47 Å². The summed E-state index contributed by atoms with van der Waals surface area (Å²) in [6, 6.07) is 24.7. The number of hydrogen-bond acceptors (Lipinski definition) is 4. The van der Waals surface area contributed by atoms with Crippen LogP contribution in [0, 0.1) is 0 Å². The van der Waals surface area contributed by atoms with Gasteiger partial charge in [0.1, 0.15) is 6.61 Å². The van der Waals surface area contributed by atoms with Gasteiger partial charge in [-0.3, -0.25) is 0 Å². The van der Waals surface area contributed by atoms with E-state index in [9.17, 15) is 9.59 Å². The average molecular weight is 543 g/mol. The van der Waals surface area contributed by atoms with Crippen molar-refractivity contribution in [2.45, 2.75) is 97.0 Å². The van der Waals surface area contributed by atoms with Crippen molar-refractivity contribution in [3.05, 3.63) is 107 Å². The third-order valence-electron chi connectivity index (χ3n) is 7.30. The lowest BCUT2D eigenvalue weighted by Gasteiger charge is -2.19. The van der Waals surface area contributed by atoms with E-state index in [0.29, 0.717) is 11.1 Å². The molecule has 0 saturated heterocycles. The van der Waals surface area contributed by atoms with Gasteiger partial charge >= 0.3 is 11.9 Å². The van der Waals surface area contributed by atoms with Gasteiger partial charge in [-0.2, -0.15) is 0 Å². The maximum absolute atomic E-state index is 13.0. The number of carbonyl (C=O) groups excluding carboxylic acids is 2. The fourth-order valence-electron chi connectivity index (χ4n) is 4.78. The van der Waals surface area contributed by atoms with E-state index in [-0.39, 0.29) is 6.61 Å². The van der Waals surface area contributed by atoms with Gasteiger partial charge in [0.25, 0.3) is 0 Å². The van der Waals surface area contributed by atoms with E-state index in [1.54, 1.807) is 0 Å². The van der Waals surface area contributed by atoms with Gasteiger partial charge < -0.3 is 9.47 Å². The van der Waals surface area contributed by atoms with Crippen LogP contribution in [0.2, 0.25) is 0 Å². The number of aryl methyl sites for hydroxylation is 2. The number of rotatable bonds is 18. The van der Waals surface area contributed by atoms with Gasteiger partial charge in [-0.1, -0.05) is 120 Å². The van der Waals surface area contributed by atoms with Crippen molar-refractivity contribution in [1.29, 1.82) is 0 Å². The van der Waals surface area contributed by atoms with Crippen LogP contribution in [0.5, 0.6) is 0 Å². The minimum atomic E-state index is -0.696. The molecule has 0 aliphatic heterocycles. The van der Waals surface area contributed by atoms with E-state index in [2.05, 4.69) is 13.8 Å². The van der Waals surface area contributed by atoms with Crippen molar-refractivity contribution in [3.8, 4) is 0 Å². The molecule has 0 bridgehead atoms. The van der Waals surface area contributed by atoms with Crippen LogP contribution in [0.1, 0.15) is 122 Å². The summed E-state index contributed by atoms with van der Waals surface area (Å²) < 4.78 is 11.5. The third-order valence-corrected chi connectivity index (χ3v) is 7.30. The molecule has 0 spiro atoms. The van der Waals surface area contributed by atoms with Crippen molar-refractivity contribution >= 4 is 11.9 Å². The molecular weight excluding hydrogens is 496 g/mol. The molecule has 0 N–H and O–H groups in total. The topological polar surface area (TPSA) is 52.6 Å². The predicted molar refractivity (Wildman–Crippen MR) is 163 cm³/mol. The minimum absolute atomic E-state index is 0.0520. The lowest BCUT2D eigenvalue weighted by Crippen LogP contribution is -2.19. The van der Waals surface area contributed by atoms with E-state index < -0.39 is 18.0 Å². The second-order valence-electron chi connectivity index (χ2n) is 10.6. The Bertz CT molecular complexity index is 1120. The maximum atomic E-state index is 13.0. The number of benzene rings is 3. The maximum Gasteiger partial charge on any atom is 0.338 e. The second kappa shape index (κ2) is 18.0. The number of carbonyl (C=O) groups is 2. The first-order valence-corrected chi connectivity index (χ1v) is 15.2. The van der Waals surface area contributed by atoms with E-state index in [0.717, 1.165) is 31.2 Å². The summed E-state index contributed by atoms with van der Waals surface area (Å²) in [4.78, 5) is 25.8. The lowest BCUT2D eigenvalue weighted by atomic mass is 10.0. The van der Waals surface area contributed by atoms with Crippen LogP contribution in [0.25, 0.3) is 0 Å². The zero-order chi connectivity index (χ0) is 28.4. The quantitative estimate of drug-likeness (QED) is 0.119. The highest BCUT2D eigenvalue weighted by molar-refractivity contribution is 5.90. The summed E-state index contributed by atoms with van der Waals surface area (Å²) in [5.41, 5.74) is 4.23. The summed E-state index contributed by atoms with van der Waals surface area (Å²) in [6.45, 7) is 4.39. The first kappa shape index (κ1) is 31.1. The SMILES string of the molecule is CCCCCCCc1ccc(C(=O)OCC(OC(=O)c2ccc(CCCCCCC)cc2)c2ccccc2)cc1. The van der Waals surface area contributed by atoms with Crippen LogP contribution in [-0.2, 0) is 22.3 Å². The normalized spacial score (nSPS) is 11.7. The lowest BCUT2D eigenvalue weighted by molar-refractivity contribution is -0.00133. The van der Waals surface area contributed by atoms with Crippen LogP contribution >= 0.6 is 0 Å². The monoisotopic (exact) mass is 542 g/mol. The standard InChI is InChI=1S/C36H46O4/c1-3-5-7-9-12-16-29-20-24-32(25-21-29)35(37)39-28-34(31-18-14-11-15-19-31)40-36(38)33-26-22-30(23-27-33)17-13-10-8-6-4-2/h11,14-15,18-27,34H,3-10,12-13,16-17,28H2,1-2H3. The minimum Gasteiger partial charge on any atom is -0.458 e. The molecule has 0 saturated carbocycles. The molecule has 0 fully saturated rings. The van der Waals surface area contributed by atoms with Crippen molar-refractivity contribution in [2.75, 3.05) is 6.61 Å². The molecule has 4 heteroatoms. The van der Waals surface area contributed by atoms with Gasteiger partial charge in [0.05, 0.1) is 11.1 Å². The predicted octanol–water partition coefficient (Wildman–Crippen LogP) is 9.47. The van der Waals surface area contributed by atoms with Gasteiger partial charge in [-0.15, -0.1) is 0 Å². The zero-order valence-electron chi connectivity index (χ0n) is 24.4. The largest absolute Gasteiger partial charge is 0.458 e. The first-order chi connectivity index (χ1) is 19.6. The number of unbranched alkanes of at least 4 members (excludes halogenated alkanes) is 8. The smallest absolute Gasteiger partial charge is 0.338 e. The molecule has 0 heterocycles. The summed E-state index contributed by atoms with van der Waals surface area (Å²) in [7, 11) is 0. The molecule has 3 rings (SSSR count). The molecule has 0 radical (unpaired) electrons. The van der Waals surface area contributed by atoms with Crippen LogP contribution in [-0.4, -0.2) is 18.5 Å². The summed E-state index contributed by atoms with van der Waals surface area (Å²) in [5.74, 6) is -0.850. The molecule has 4 nitrogen and oxygen atoms in total.